The van der Waals surface area contributed by atoms with Crippen LogP contribution in [0, 0.1) is 5.92 Å². The Morgan fingerprint density at radius 3 is 2.14 bits per heavy atom. The average molecular weight is 479 g/mol. The van der Waals surface area contributed by atoms with Gasteiger partial charge < -0.3 is 20.1 Å². The summed E-state index contributed by atoms with van der Waals surface area (Å²) in [5, 5.41) is 11.7. The number of rotatable bonds is 8. The van der Waals surface area contributed by atoms with E-state index in [1.807, 2.05) is 43.0 Å². The Kier molecular flexibility index (Phi) is 7.43. The molecule has 0 aromatic heterocycles. The summed E-state index contributed by atoms with van der Waals surface area (Å²) in [5.41, 5.74) is 3.91. The molecule has 2 aliphatic rings. The molecule has 0 spiro atoms. The summed E-state index contributed by atoms with van der Waals surface area (Å²) in [6, 6.07) is 16.4. The van der Waals surface area contributed by atoms with E-state index in [0.29, 0.717) is 25.4 Å². The molecule has 0 unspecified atom stereocenters. The third kappa shape index (κ3) is 6.02. The van der Waals surface area contributed by atoms with Crippen molar-refractivity contribution < 1.29 is 24.2 Å². The average Bonchev–Trinajstić information content (AvgIpc) is 3.15. The second-order valence-electron chi connectivity index (χ2n) is 10.3. The van der Waals surface area contributed by atoms with E-state index in [1.165, 1.54) is 11.1 Å². The SMILES string of the molecule is CC(C)(CC(=O)N1CCC(CCC(=O)O)CC1)NC(=O)OCC1c2ccccc2-c2ccccc21. The minimum Gasteiger partial charge on any atom is -0.481 e. The maximum absolute atomic E-state index is 12.8. The minimum absolute atomic E-state index is 0.00867. The summed E-state index contributed by atoms with van der Waals surface area (Å²) in [4.78, 5) is 38.1. The van der Waals surface area contributed by atoms with Crippen molar-refractivity contribution in [2.45, 2.75) is 57.4 Å². The monoisotopic (exact) mass is 478 g/mol. The smallest absolute Gasteiger partial charge is 0.407 e. The molecule has 7 heteroatoms. The molecule has 1 aliphatic heterocycles. The van der Waals surface area contributed by atoms with Gasteiger partial charge in [-0.25, -0.2) is 4.79 Å². The Bertz CT molecular complexity index is 1040. The number of piperidine rings is 1. The molecule has 1 fully saturated rings. The molecule has 0 saturated carbocycles. The van der Waals surface area contributed by atoms with Crippen molar-refractivity contribution in [1.82, 2.24) is 10.2 Å². The van der Waals surface area contributed by atoms with Crippen molar-refractivity contribution in [3.63, 3.8) is 0 Å². The highest BCUT2D eigenvalue weighted by Crippen LogP contribution is 2.44. The van der Waals surface area contributed by atoms with Crippen molar-refractivity contribution in [3.05, 3.63) is 59.7 Å². The van der Waals surface area contributed by atoms with Gasteiger partial charge in [0.2, 0.25) is 5.91 Å². The van der Waals surface area contributed by atoms with E-state index in [0.717, 1.165) is 24.0 Å². The molecular weight excluding hydrogens is 444 g/mol. The summed E-state index contributed by atoms with van der Waals surface area (Å²) in [5.74, 6) is -0.447. The number of aliphatic carboxylic acids is 1. The molecule has 4 rings (SSSR count). The van der Waals surface area contributed by atoms with E-state index in [1.54, 1.807) is 0 Å². The number of benzene rings is 2. The first-order valence-corrected chi connectivity index (χ1v) is 12.4. The van der Waals surface area contributed by atoms with Gasteiger partial charge in [0.15, 0.2) is 0 Å². The van der Waals surface area contributed by atoms with Gasteiger partial charge in [0.25, 0.3) is 0 Å². The maximum Gasteiger partial charge on any atom is 0.407 e. The largest absolute Gasteiger partial charge is 0.481 e. The number of carboxylic acids is 1. The van der Waals surface area contributed by atoms with Crippen LogP contribution in [0.25, 0.3) is 11.1 Å². The van der Waals surface area contributed by atoms with E-state index < -0.39 is 17.6 Å². The first-order chi connectivity index (χ1) is 16.7. The van der Waals surface area contributed by atoms with Gasteiger partial charge in [-0.1, -0.05) is 48.5 Å². The fraction of sp³-hybridized carbons (Fsp3) is 0.464. The van der Waals surface area contributed by atoms with Gasteiger partial charge in [0.05, 0.1) is 0 Å². The highest BCUT2D eigenvalue weighted by molar-refractivity contribution is 5.80. The van der Waals surface area contributed by atoms with Crippen LogP contribution in [-0.2, 0) is 14.3 Å². The number of fused-ring (bicyclic) bond motifs is 3. The molecule has 35 heavy (non-hydrogen) atoms. The second kappa shape index (κ2) is 10.5. The van der Waals surface area contributed by atoms with Gasteiger partial charge in [-0.2, -0.15) is 0 Å². The van der Waals surface area contributed by atoms with Crippen LogP contribution < -0.4 is 5.32 Å². The van der Waals surface area contributed by atoms with Gasteiger partial charge in [-0.05, 0) is 61.3 Å². The van der Waals surface area contributed by atoms with Crippen molar-refractivity contribution in [2.75, 3.05) is 19.7 Å². The molecule has 1 aliphatic carbocycles. The van der Waals surface area contributed by atoms with Crippen molar-refractivity contribution in [3.8, 4) is 11.1 Å². The zero-order chi connectivity index (χ0) is 25.0. The highest BCUT2D eigenvalue weighted by Gasteiger charge is 2.32. The van der Waals surface area contributed by atoms with Gasteiger partial charge in [0, 0.05) is 37.4 Å². The molecule has 2 amide bonds. The van der Waals surface area contributed by atoms with E-state index >= 15 is 0 Å². The molecule has 0 bridgehead atoms. The summed E-state index contributed by atoms with van der Waals surface area (Å²) in [6.07, 6.45) is 2.12. The molecule has 0 atom stereocenters. The Hall–Kier alpha value is -3.35. The summed E-state index contributed by atoms with van der Waals surface area (Å²) >= 11 is 0. The van der Waals surface area contributed by atoms with Gasteiger partial charge in [-0.3, -0.25) is 9.59 Å². The predicted octanol–water partition coefficient (Wildman–Crippen LogP) is 4.80. The number of carbonyl (C=O) groups excluding carboxylic acids is 2. The van der Waals surface area contributed by atoms with E-state index in [4.69, 9.17) is 9.84 Å². The number of hydrogen-bond donors (Lipinski definition) is 2. The van der Waals surface area contributed by atoms with Crippen LogP contribution in [-0.4, -0.2) is 53.2 Å². The topological polar surface area (TPSA) is 95.9 Å². The van der Waals surface area contributed by atoms with Gasteiger partial charge in [0.1, 0.15) is 6.61 Å². The van der Waals surface area contributed by atoms with Crippen LogP contribution >= 0.6 is 0 Å². The fourth-order valence-corrected chi connectivity index (χ4v) is 5.24. The Labute approximate surface area is 206 Å². The summed E-state index contributed by atoms with van der Waals surface area (Å²) in [6.45, 7) is 5.14. The molecule has 1 saturated heterocycles. The number of amides is 2. The molecule has 7 nitrogen and oxygen atoms in total. The van der Waals surface area contributed by atoms with E-state index in [2.05, 4.69) is 29.6 Å². The molecule has 2 aromatic carbocycles. The fourth-order valence-electron chi connectivity index (χ4n) is 5.24. The van der Waals surface area contributed by atoms with Crippen LogP contribution in [0.5, 0.6) is 0 Å². The third-order valence-electron chi connectivity index (χ3n) is 7.11. The van der Waals surface area contributed by atoms with Gasteiger partial charge >= 0.3 is 12.1 Å². The number of ether oxygens (including phenoxy) is 1. The molecule has 2 N–H and O–H groups in total. The number of alkyl carbamates (subject to hydrolysis) is 1. The lowest BCUT2D eigenvalue weighted by molar-refractivity contribution is -0.138. The van der Waals surface area contributed by atoms with Crippen molar-refractivity contribution >= 4 is 18.0 Å². The molecule has 1 heterocycles. The molecule has 0 radical (unpaired) electrons. The quantitative estimate of drug-likeness (QED) is 0.568. The lowest BCUT2D eigenvalue weighted by atomic mass is 9.91. The number of carboxylic acid groups (broad SMARTS) is 1. The Morgan fingerprint density at radius 1 is 1.00 bits per heavy atom. The molecule has 2 aromatic rings. The first kappa shape index (κ1) is 24.8. The Morgan fingerprint density at radius 2 is 1.57 bits per heavy atom. The standard InChI is InChI=1S/C28H34N2O5/c1-28(2,17-25(31)30-15-13-19(14-16-30)11-12-26(32)33)29-27(34)35-18-24-22-9-5-3-7-20(22)21-8-4-6-10-23(21)24/h3-10,19,24H,11-18H2,1-2H3,(H,29,34)(H,32,33). The Balaban J connectivity index is 1.27. The van der Waals surface area contributed by atoms with Crippen LogP contribution in [0.3, 0.4) is 0 Å². The van der Waals surface area contributed by atoms with Gasteiger partial charge in [-0.15, -0.1) is 0 Å². The maximum atomic E-state index is 12.8. The van der Waals surface area contributed by atoms with Crippen LogP contribution in [0.4, 0.5) is 4.79 Å². The normalized spacial score (nSPS) is 15.9. The first-order valence-electron chi connectivity index (χ1n) is 12.4. The second-order valence-corrected chi connectivity index (χ2v) is 10.3. The number of nitrogens with one attached hydrogen (secondary N) is 1. The van der Waals surface area contributed by atoms with E-state index in [-0.39, 0.29) is 31.3 Å². The molecule has 186 valence electrons. The van der Waals surface area contributed by atoms with Crippen LogP contribution in [0.15, 0.2) is 48.5 Å². The number of hydrogen-bond acceptors (Lipinski definition) is 4. The predicted molar refractivity (Wildman–Crippen MR) is 133 cm³/mol. The lowest BCUT2D eigenvalue weighted by Crippen LogP contribution is -2.49. The van der Waals surface area contributed by atoms with Crippen LogP contribution in [0.1, 0.15) is 63.0 Å². The van der Waals surface area contributed by atoms with Crippen LogP contribution in [0.2, 0.25) is 0 Å². The minimum atomic E-state index is -0.774. The zero-order valence-corrected chi connectivity index (χ0v) is 20.5. The highest BCUT2D eigenvalue weighted by atomic mass is 16.5. The van der Waals surface area contributed by atoms with Crippen molar-refractivity contribution in [1.29, 1.82) is 0 Å². The third-order valence-corrected chi connectivity index (χ3v) is 7.11. The van der Waals surface area contributed by atoms with Crippen molar-refractivity contribution in [2.24, 2.45) is 5.92 Å². The van der Waals surface area contributed by atoms with E-state index in [9.17, 15) is 14.4 Å². The lowest BCUT2D eigenvalue weighted by Gasteiger charge is -2.34. The zero-order valence-electron chi connectivity index (χ0n) is 20.5. The summed E-state index contributed by atoms with van der Waals surface area (Å²) < 4.78 is 5.64. The number of nitrogens with zero attached hydrogens (tertiary/aromatic N) is 1. The summed E-state index contributed by atoms with van der Waals surface area (Å²) in [7, 11) is 0. The number of carbonyl (C=O) groups is 3. The molecular formula is C28H34N2O5. The number of likely N-dealkylation sites (tertiary alicyclic amines) is 1.